The van der Waals surface area contributed by atoms with Crippen molar-refractivity contribution >= 4 is 11.6 Å². The van der Waals surface area contributed by atoms with Crippen molar-refractivity contribution in [1.82, 2.24) is 4.90 Å². The number of carbonyl (C=O) groups is 1. The summed E-state index contributed by atoms with van der Waals surface area (Å²) in [5.74, 6) is -1.52. The van der Waals surface area contributed by atoms with Crippen LogP contribution in [0.15, 0.2) is 18.2 Å². The molecule has 1 heterocycles. The fourth-order valence-electron chi connectivity index (χ4n) is 2.02. The number of benzene rings is 1. The molecule has 7 nitrogen and oxygen atoms in total. The van der Waals surface area contributed by atoms with E-state index in [2.05, 4.69) is 0 Å². The van der Waals surface area contributed by atoms with Gasteiger partial charge >= 0.3 is 0 Å². The van der Waals surface area contributed by atoms with Crippen LogP contribution in [0.2, 0.25) is 0 Å². The highest BCUT2D eigenvalue weighted by Gasteiger charge is 2.30. The Hall–Kier alpha value is -2.06. The molecule has 108 valence electrons. The van der Waals surface area contributed by atoms with Crippen LogP contribution in [0.1, 0.15) is 10.4 Å². The molecular weight excluding hydrogens is 271 g/mol. The normalized spacial score (nSPS) is 18.9. The standard InChI is InChI=1S/C12H13FN2O5/c13-11-2-1-8(15(18)19)5-10(11)12(17)14-3-4-20-7-9(14)6-16/h1-2,5,9,16H,3-4,6-7H2. The summed E-state index contributed by atoms with van der Waals surface area (Å²) in [6.07, 6.45) is 0. The summed E-state index contributed by atoms with van der Waals surface area (Å²) in [5, 5.41) is 19.9. The van der Waals surface area contributed by atoms with Crippen molar-refractivity contribution in [3.05, 3.63) is 39.7 Å². The van der Waals surface area contributed by atoms with Crippen LogP contribution >= 0.6 is 0 Å². The number of nitro benzene ring substituents is 1. The fraction of sp³-hybridized carbons (Fsp3) is 0.417. The van der Waals surface area contributed by atoms with E-state index in [-0.39, 0.29) is 37.6 Å². The smallest absolute Gasteiger partial charge is 0.270 e. The minimum absolute atomic E-state index is 0.152. The third-order valence-electron chi connectivity index (χ3n) is 3.09. The number of carbonyl (C=O) groups excluding carboxylic acids is 1. The summed E-state index contributed by atoms with van der Waals surface area (Å²) < 4.78 is 18.8. The van der Waals surface area contributed by atoms with Crippen LogP contribution in [0.5, 0.6) is 0 Å². The number of ether oxygens (including phenoxy) is 1. The van der Waals surface area contributed by atoms with E-state index in [1.54, 1.807) is 0 Å². The zero-order valence-corrected chi connectivity index (χ0v) is 10.5. The number of amides is 1. The van der Waals surface area contributed by atoms with E-state index in [9.17, 15) is 24.4 Å². The Kier molecular flexibility index (Phi) is 4.26. The molecule has 0 aliphatic carbocycles. The van der Waals surface area contributed by atoms with E-state index in [1.165, 1.54) is 4.90 Å². The number of nitrogens with zero attached hydrogens (tertiary/aromatic N) is 2. The number of nitro groups is 1. The first-order valence-corrected chi connectivity index (χ1v) is 5.98. The van der Waals surface area contributed by atoms with Crippen molar-refractivity contribution in [2.75, 3.05) is 26.4 Å². The molecule has 0 radical (unpaired) electrons. The predicted molar refractivity (Wildman–Crippen MR) is 65.8 cm³/mol. The molecule has 1 aromatic carbocycles. The molecule has 1 amide bonds. The molecular formula is C12H13FN2O5. The highest BCUT2D eigenvalue weighted by Crippen LogP contribution is 2.20. The van der Waals surface area contributed by atoms with E-state index in [0.29, 0.717) is 0 Å². The maximum Gasteiger partial charge on any atom is 0.270 e. The molecule has 0 saturated carbocycles. The Morgan fingerprint density at radius 2 is 2.35 bits per heavy atom. The molecule has 1 saturated heterocycles. The van der Waals surface area contributed by atoms with Crippen LogP contribution in [0.25, 0.3) is 0 Å². The summed E-state index contributed by atoms with van der Waals surface area (Å²) in [6.45, 7) is 0.312. The Morgan fingerprint density at radius 1 is 1.60 bits per heavy atom. The summed E-state index contributed by atoms with van der Waals surface area (Å²) in [5.41, 5.74) is -0.733. The first-order chi connectivity index (χ1) is 9.54. The molecule has 0 bridgehead atoms. The second kappa shape index (κ2) is 5.93. The van der Waals surface area contributed by atoms with Crippen molar-refractivity contribution in [2.24, 2.45) is 0 Å². The van der Waals surface area contributed by atoms with Gasteiger partial charge in [0.1, 0.15) is 5.82 Å². The van der Waals surface area contributed by atoms with Crippen molar-refractivity contribution < 1.29 is 24.0 Å². The molecule has 1 atom stereocenters. The average Bonchev–Trinajstić information content (AvgIpc) is 2.46. The molecule has 0 aromatic heterocycles. The highest BCUT2D eigenvalue weighted by atomic mass is 19.1. The van der Waals surface area contributed by atoms with Gasteiger partial charge in [-0.05, 0) is 6.07 Å². The highest BCUT2D eigenvalue weighted by molar-refractivity contribution is 5.95. The van der Waals surface area contributed by atoms with Crippen LogP contribution in [-0.2, 0) is 4.74 Å². The van der Waals surface area contributed by atoms with Crippen LogP contribution < -0.4 is 0 Å². The second-order valence-electron chi connectivity index (χ2n) is 4.33. The maximum atomic E-state index is 13.7. The largest absolute Gasteiger partial charge is 0.394 e. The Morgan fingerprint density at radius 3 is 3.00 bits per heavy atom. The molecule has 1 N–H and O–H groups in total. The first kappa shape index (κ1) is 14.4. The third-order valence-corrected chi connectivity index (χ3v) is 3.09. The molecule has 8 heteroatoms. The summed E-state index contributed by atoms with van der Waals surface area (Å²) >= 11 is 0. The topological polar surface area (TPSA) is 92.9 Å². The number of aliphatic hydroxyl groups excluding tert-OH is 1. The number of non-ortho nitro benzene ring substituents is 1. The van der Waals surface area contributed by atoms with Gasteiger partial charge in [-0.2, -0.15) is 0 Å². The molecule has 1 aliphatic rings. The molecule has 1 aromatic rings. The number of hydrogen-bond donors (Lipinski definition) is 1. The summed E-state index contributed by atoms with van der Waals surface area (Å²) in [7, 11) is 0. The minimum atomic E-state index is -0.830. The van der Waals surface area contributed by atoms with E-state index in [0.717, 1.165) is 18.2 Å². The van der Waals surface area contributed by atoms with Gasteiger partial charge in [0.2, 0.25) is 0 Å². The van der Waals surface area contributed by atoms with Gasteiger partial charge in [-0.3, -0.25) is 14.9 Å². The van der Waals surface area contributed by atoms with Gasteiger partial charge in [0.15, 0.2) is 0 Å². The van der Waals surface area contributed by atoms with Crippen molar-refractivity contribution in [2.45, 2.75) is 6.04 Å². The molecule has 1 unspecified atom stereocenters. The predicted octanol–water partition coefficient (Wildman–Crippen LogP) is 0.567. The molecule has 0 spiro atoms. The van der Waals surface area contributed by atoms with E-state index in [4.69, 9.17) is 4.74 Å². The quantitative estimate of drug-likeness (QED) is 0.647. The lowest BCUT2D eigenvalue weighted by atomic mass is 10.1. The van der Waals surface area contributed by atoms with E-state index < -0.39 is 22.7 Å². The fourth-order valence-corrected chi connectivity index (χ4v) is 2.02. The van der Waals surface area contributed by atoms with Gasteiger partial charge < -0.3 is 14.7 Å². The van der Waals surface area contributed by atoms with E-state index >= 15 is 0 Å². The number of rotatable bonds is 3. The zero-order chi connectivity index (χ0) is 14.7. The lowest BCUT2D eigenvalue weighted by Gasteiger charge is -2.34. The summed E-state index contributed by atoms with van der Waals surface area (Å²) in [4.78, 5) is 23.5. The average molecular weight is 284 g/mol. The van der Waals surface area contributed by atoms with Gasteiger partial charge in [-0.25, -0.2) is 4.39 Å². The van der Waals surface area contributed by atoms with Gasteiger partial charge in [0.25, 0.3) is 11.6 Å². The van der Waals surface area contributed by atoms with E-state index in [1.807, 2.05) is 0 Å². The maximum absolute atomic E-state index is 13.7. The van der Waals surface area contributed by atoms with Crippen LogP contribution in [0.4, 0.5) is 10.1 Å². The lowest BCUT2D eigenvalue weighted by Crippen LogP contribution is -2.50. The zero-order valence-electron chi connectivity index (χ0n) is 10.5. The SMILES string of the molecule is O=C(c1cc([N+](=O)[O-])ccc1F)N1CCOCC1CO. The monoisotopic (exact) mass is 284 g/mol. The van der Waals surface area contributed by atoms with Gasteiger partial charge in [0.05, 0.1) is 36.3 Å². The van der Waals surface area contributed by atoms with Gasteiger partial charge in [0, 0.05) is 18.7 Å². The second-order valence-corrected chi connectivity index (χ2v) is 4.33. The Labute approximate surface area is 113 Å². The molecule has 20 heavy (non-hydrogen) atoms. The summed E-state index contributed by atoms with van der Waals surface area (Å²) in [6, 6.07) is 2.21. The molecule has 1 aliphatic heterocycles. The molecule has 2 rings (SSSR count). The number of aliphatic hydroxyl groups is 1. The van der Waals surface area contributed by atoms with Crippen molar-refractivity contribution in [1.29, 1.82) is 0 Å². The number of hydrogen-bond acceptors (Lipinski definition) is 5. The number of halogens is 1. The van der Waals surface area contributed by atoms with Crippen LogP contribution in [0, 0.1) is 15.9 Å². The number of morpholine rings is 1. The van der Waals surface area contributed by atoms with Crippen LogP contribution in [0.3, 0.4) is 0 Å². The third kappa shape index (κ3) is 2.75. The van der Waals surface area contributed by atoms with Gasteiger partial charge in [-0.1, -0.05) is 0 Å². The minimum Gasteiger partial charge on any atom is -0.394 e. The lowest BCUT2D eigenvalue weighted by molar-refractivity contribution is -0.384. The van der Waals surface area contributed by atoms with Gasteiger partial charge in [-0.15, -0.1) is 0 Å². The Bertz CT molecular complexity index is 537. The Balaban J connectivity index is 2.32. The first-order valence-electron chi connectivity index (χ1n) is 5.98. The molecule has 1 fully saturated rings. The van der Waals surface area contributed by atoms with Crippen molar-refractivity contribution in [3.63, 3.8) is 0 Å². The van der Waals surface area contributed by atoms with Crippen molar-refractivity contribution in [3.8, 4) is 0 Å². The van der Waals surface area contributed by atoms with Crippen LogP contribution in [-0.4, -0.2) is 53.2 Å².